The Bertz CT molecular complexity index is 603. The lowest BCUT2D eigenvalue weighted by Crippen LogP contribution is -2.52. The number of amides is 2. The summed E-state index contributed by atoms with van der Waals surface area (Å²) in [6.07, 6.45) is 2.78. The molecular formula is C15H19N3O6. The van der Waals surface area contributed by atoms with E-state index in [0.29, 0.717) is 0 Å². The van der Waals surface area contributed by atoms with Crippen LogP contribution in [0.2, 0.25) is 0 Å². The summed E-state index contributed by atoms with van der Waals surface area (Å²) in [5.41, 5.74) is 5.51. The van der Waals surface area contributed by atoms with Crippen molar-refractivity contribution in [2.75, 3.05) is 14.2 Å². The molecule has 1 heterocycles. The number of methoxy groups -OCH3 is 2. The minimum Gasteiger partial charge on any atom is -0.468 e. The largest absolute Gasteiger partial charge is 0.468 e. The fourth-order valence-corrected chi connectivity index (χ4v) is 2.16. The van der Waals surface area contributed by atoms with Gasteiger partial charge in [0.2, 0.25) is 5.91 Å². The van der Waals surface area contributed by atoms with Crippen molar-refractivity contribution in [3.63, 3.8) is 0 Å². The van der Waals surface area contributed by atoms with E-state index in [2.05, 4.69) is 19.8 Å². The predicted octanol–water partition coefficient (Wildman–Crippen LogP) is -0.736. The van der Waals surface area contributed by atoms with Gasteiger partial charge in [-0.3, -0.25) is 24.2 Å². The second-order valence-corrected chi connectivity index (χ2v) is 4.98. The average molecular weight is 337 g/mol. The molecular weight excluding hydrogens is 318 g/mol. The smallest absolute Gasteiger partial charge is 0.320 e. The second kappa shape index (κ2) is 8.61. The van der Waals surface area contributed by atoms with Crippen molar-refractivity contribution in [3.05, 3.63) is 30.1 Å². The number of rotatable bonds is 7. The van der Waals surface area contributed by atoms with Crippen molar-refractivity contribution in [1.82, 2.24) is 10.3 Å². The topological polar surface area (TPSA) is 138 Å². The Hall–Kier alpha value is -2.97. The summed E-state index contributed by atoms with van der Waals surface area (Å²) in [6.45, 7) is 1.41. The van der Waals surface area contributed by atoms with Crippen LogP contribution in [0.1, 0.15) is 17.3 Å². The van der Waals surface area contributed by atoms with E-state index in [0.717, 1.165) is 14.2 Å². The van der Waals surface area contributed by atoms with Crippen LogP contribution in [0.15, 0.2) is 24.5 Å². The van der Waals surface area contributed by atoms with Crippen LogP contribution in [0.3, 0.4) is 0 Å². The Kier molecular flexibility index (Phi) is 6.84. The maximum absolute atomic E-state index is 12.2. The van der Waals surface area contributed by atoms with Crippen LogP contribution < -0.4 is 11.1 Å². The van der Waals surface area contributed by atoms with Gasteiger partial charge in [0.25, 0.3) is 5.91 Å². The fourth-order valence-electron chi connectivity index (χ4n) is 2.16. The first-order valence-electron chi connectivity index (χ1n) is 6.99. The molecule has 0 aliphatic heterocycles. The third kappa shape index (κ3) is 4.51. The molecule has 9 heteroatoms. The van der Waals surface area contributed by atoms with Gasteiger partial charge in [0, 0.05) is 18.3 Å². The van der Waals surface area contributed by atoms with Gasteiger partial charge in [-0.15, -0.1) is 0 Å². The number of ether oxygens (including phenoxy) is 2. The Morgan fingerprint density at radius 3 is 2.17 bits per heavy atom. The van der Waals surface area contributed by atoms with Crippen molar-refractivity contribution in [3.8, 4) is 0 Å². The van der Waals surface area contributed by atoms with Crippen molar-refractivity contribution in [2.45, 2.75) is 13.0 Å². The molecule has 1 rings (SSSR count). The van der Waals surface area contributed by atoms with E-state index < -0.39 is 41.6 Å². The summed E-state index contributed by atoms with van der Waals surface area (Å²) in [5, 5.41) is 2.40. The standard InChI is InChI=1S/C15H19N3O6/c1-8(10(14(21)23-2)15(22)24-3)11(12(16)19)18-13(20)9-5-4-6-17-7-9/h4-8,10-11H,1-3H3,(H2,16,19)(H,18,20)/t8-,11+/m1/s1. The van der Waals surface area contributed by atoms with Gasteiger partial charge in [-0.1, -0.05) is 6.92 Å². The van der Waals surface area contributed by atoms with Gasteiger partial charge in [-0.2, -0.15) is 0 Å². The van der Waals surface area contributed by atoms with Crippen LogP contribution in [-0.4, -0.2) is 49.0 Å². The molecule has 0 aromatic carbocycles. The Labute approximate surface area is 138 Å². The van der Waals surface area contributed by atoms with Gasteiger partial charge in [-0.25, -0.2) is 0 Å². The third-order valence-corrected chi connectivity index (χ3v) is 3.48. The molecule has 2 amide bonds. The van der Waals surface area contributed by atoms with Crippen molar-refractivity contribution in [1.29, 1.82) is 0 Å². The molecule has 0 fully saturated rings. The predicted molar refractivity (Wildman–Crippen MR) is 81.4 cm³/mol. The quantitative estimate of drug-likeness (QED) is 0.494. The minimum absolute atomic E-state index is 0.198. The van der Waals surface area contributed by atoms with E-state index in [1.807, 2.05) is 0 Å². The molecule has 1 aromatic heterocycles. The number of nitrogens with two attached hydrogens (primary N) is 1. The number of carbonyl (C=O) groups excluding carboxylic acids is 4. The molecule has 1 aromatic rings. The highest BCUT2D eigenvalue weighted by molar-refractivity contribution is 5.99. The molecule has 0 saturated carbocycles. The maximum atomic E-state index is 12.2. The number of hydrogen-bond acceptors (Lipinski definition) is 7. The summed E-state index contributed by atoms with van der Waals surface area (Å²) in [6, 6.07) is 1.74. The molecule has 130 valence electrons. The molecule has 24 heavy (non-hydrogen) atoms. The molecule has 3 N–H and O–H groups in total. The zero-order chi connectivity index (χ0) is 18.3. The molecule has 0 radical (unpaired) electrons. The molecule has 0 aliphatic carbocycles. The normalized spacial score (nSPS) is 12.8. The summed E-state index contributed by atoms with van der Waals surface area (Å²) < 4.78 is 9.12. The van der Waals surface area contributed by atoms with Crippen LogP contribution in [0.25, 0.3) is 0 Å². The lowest BCUT2D eigenvalue weighted by Gasteiger charge is -2.26. The van der Waals surface area contributed by atoms with E-state index >= 15 is 0 Å². The van der Waals surface area contributed by atoms with Gasteiger partial charge < -0.3 is 20.5 Å². The van der Waals surface area contributed by atoms with E-state index in [9.17, 15) is 19.2 Å². The molecule has 2 atom stereocenters. The summed E-state index contributed by atoms with van der Waals surface area (Å²) in [4.78, 5) is 51.4. The van der Waals surface area contributed by atoms with Gasteiger partial charge >= 0.3 is 11.9 Å². The Morgan fingerprint density at radius 1 is 1.17 bits per heavy atom. The van der Waals surface area contributed by atoms with Crippen LogP contribution in [0.5, 0.6) is 0 Å². The first-order valence-corrected chi connectivity index (χ1v) is 6.99. The first kappa shape index (κ1) is 19.1. The number of carbonyl (C=O) groups is 4. The molecule has 0 aliphatic rings. The minimum atomic E-state index is -1.41. The van der Waals surface area contributed by atoms with Crippen LogP contribution in [0, 0.1) is 11.8 Å². The van der Waals surface area contributed by atoms with E-state index in [1.54, 1.807) is 6.07 Å². The number of nitrogens with zero attached hydrogens (tertiary/aromatic N) is 1. The highest BCUT2D eigenvalue weighted by Gasteiger charge is 2.41. The molecule has 0 unspecified atom stereocenters. The van der Waals surface area contributed by atoms with Crippen LogP contribution >= 0.6 is 0 Å². The van der Waals surface area contributed by atoms with Gasteiger partial charge in [0.05, 0.1) is 19.8 Å². The highest BCUT2D eigenvalue weighted by Crippen LogP contribution is 2.20. The SMILES string of the molecule is COC(=O)C(C(=O)OC)[C@@H](C)[C@H](NC(=O)c1cccnc1)C(N)=O. The fraction of sp³-hybridized carbons (Fsp3) is 0.400. The van der Waals surface area contributed by atoms with Crippen LogP contribution in [0.4, 0.5) is 0 Å². The highest BCUT2D eigenvalue weighted by atomic mass is 16.5. The third-order valence-electron chi connectivity index (χ3n) is 3.48. The number of aromatic nitrogens is 1. The molecule has 9 nitrogen and oxygen atoms in total. The zero-order valence-corrected chi connectivity index (χ0v) is 13.5. The van der Waals surface area contributed by atoms with Crippen molar-refractivity contribution in [2.24, 2.45) is 17.6 Å². The summed E-state index contributed by atoms with van der Waals surface area (Å²) in [7, 11) is 2.19. The number of pyridine rings is 1. The average Bonchev–Trinajstić information content (AvgIpc) is 2.59. The molecule has 0 spiro atoms. The molecule has 0 saturated heterocycles. The Morgan fingerprint density at radius 2 is 1.75 bits per heavy atom. The number of nitrogens with one attached hydrogen (secondary N) is 1. The van der Waals surface area contributed by atoms with Crippen molar-refractivity contribution >= 4 is 23.8 Å². The lowest BCUT2D eigenvalue weighted by molar-refractivity contribution is -0.161. The lowest BCUT2D eigenvalue weighted by atomic mass is 9.86. The number of primary amides is 1. The van der Waals surface area contributed by atoms with Crippen LogP contribution in [-0.2, 0) is 23.9 Å². The van der Waals surface area contributed by atoms with Gasteiger partial charge in [-0.05, 0) is 12.1 Å². The van der Waals surface area contributed by atoms with Gasteiger partial charge in [0.1, 0.15) is 6.04 Å². The molecule has 0 bridgehead atoms. The first-order chi connectivity index (χ1) is 11.3. The second-order valence-electron chi connectivity index (χ2n) is 4.98. The van der Waals surface area contributed by atoms with Crippen molar-refractivity contribution < 1.29 is 28.7 Å². The summed E-state index contributed by atoms with van der Waals surface area (Å²) in [5.74, 6) is -5.70. The Balaban J connectivity index is 3.04. The van der Waals surface area contributed by atoms with E-state index in [1.165, 1.54) is 25.4 Å². The number of esters is 2. The monoisotopic (exact) mass is 337 g/mol. The number of hydrogen-bond donors (Lipinski definition) is 2. The zero-order valence-electron chi connectivity index (χ0n) is 13.5. The van der Waals surface area contributed by atoms with E-state index in [-0.39, 0.29) is 5.56 Å². The van der Waals surface area contributed by atoms with Gasteiger partial charge in [0.15, 0.2) is 5.92 Å². The summed E-state index contributed by atoms with van der Waals surface area (Å²) >= 11 is 0. The van der Waals surface area contributed by atoms with E-state index in [4.69, 9.17) is 5.73 Å². The maximum Gasteiger partial charge on any atom is 0.320 e.